The number of rotatable bonds is 2. The number of carbonyl (C=O) groups is 2. The number of hydrogen-bond acceptors (Lipinski definition) is 2. The molecule has 13 heavy (non-hydrogen) atoms. The van der Waals surface area contributed by atoms with Crippen LogP contribution in [0.5, 0.6) is 0 Å². The Labute approximate surface area is 84.1 Å². The van der Waals surface area contributed by atoms with Crippen molar-refractivity contribution in [3.05, 3.63) is 33.8 Å². The molecule has 1 amide bonds. The van der Waals surface area contributed by atoms with Crippen LogP contribution >= 0.6 is 15.9 Å². The third-order valence-corrected chi connectivity index (χ3v) is 2.50. The molecule has 0 bridgehead atoms. The Hall–Kier alpha value is -1.16. The number of benzene rings is 1. The van der Waals surface area contributed by atoms with Crippen LogP contribution in [0.15, 0.2) is 22.7 Å². The summed E-state index contributed by atoms with van der Waals surface area (Å²) in [5.41, 5.74) is 5.90. The molecule has 0 aliphatic heterocycles. The molecule has 3 nitrogen and oxygen atoms in total. The van der Waals surface area contributed by atoms with Gasteiger partial charge in [-0.2, -0.15) is 0 Å². The molecule has 0 radical (unpaired) electrons. The maximum absolute atomic E-state index is 11.1. The largest absolute Gasteiger partial charge is 0.366 e. The first-order chi connectivity index (χ1) is 6.04. The minimum absolute atomic E-state index is 0.102. The molecule has 0 spiro atoms. The van der Waals surface area contributed by atoms with Gasteiger partial charge in [-0.05, 0) is 28.9 Å². The lowest BCUT2D eigenvalue weighted by Gasteiger charge is -2.03. The highest BCUT2D eigenvalue weighted by atomic mass is 79.9. The number of ketones is 1. The molecule has 68 valence electrons. The van der Waals surface area contributed by atoms with Crippen LogP contribution in [0.25, 0.3) is 0 Å². The van der Waals surface area contributed by atoms with Gasteiger partial charge < -0.3 is 5.73 Å². The molecule has 0 atom stereocenters. The third-order valence-electron chi connectivity index (χ3n) is 1.64. The van der Waals surface area contributed by atoms with Crippen LogP contribution in [0.3, 0.4) is 0 Å². The summed E-state index contributed by atoms with van der Waals surface area (Å²) in [6, 6.07) is 4.83. The number of primary amides is 1. The Bertz CT molecular complexity index is 342. The minimum atomic E-state index is -0.546. The Balaban J connectivity index is 3.35. The standard InChI is InChI=1S/C9H8BrNO2/c1-5(12)6-3-2-4-7(8(6)10)9(11)13/h2-4H,1H3,(H2,11,13). The number of Topliss-reactive ketones (excluding diaryl/α,β-unsaturated/α-hetero) is 1. The van der Waals surface area contributed by atoms with E-state index in [1.165, 1.54) is 6.92 Å². The van der Waals surface area contributed by atoms with Gasteiger partial charge in [0.05, 0.1) is 5.56 Å². The van der Waals surface area contributed by atoms with Crippen molar-refractivity contribution in [2.75, 3.05) is 0 Å². The highest BCUT2D eigenvalue weighted by Gasteiger charge is 2.11. The lowest BCUT2D eigenvalue weighted by Crippen LogP contribution is -2.13. The molecule has 1 rings (SSSR count). The molecular formula is C9H8BrNO2. The smallest absolute Gasteiger partial charge is 0.249 e. The molecular weight excluding hydrogens is 234 g/mol. The number of hydrogen-bond donors (Lipinski definition) is 1. The van der Waals surface area contributed by atoms with Crippen LogP contribution in [0.2, 0.25) is 0 Å². The van der Waals surface area contributed by atoms with Gasteiger partial charge in [-0.25, -0.2) is 0 Å². The first-order valence-electron chi connectivity index (χ1n) is 3.63. The van der Waals surface area contributed by atoms with E-state index in [9.17, 15) is 9.59 Å². The molecule has 0 unspecified atom stereocenters. The zero-order valence-corrected chi connectivity index (χ0v) is 8.59. The van der Waals surface area contributed by atoms with E-state index in [-0.39, 0.29) is 5.78 Å². The molecule has 0 saturated carbocycles. The fourth-order valence-corrected chi connectivity index (χ4v) is 1.73. The lowest BCUT2D eigenvalue weighted by molar-refractivity contribution is 0.0999. The summed E-state index contributed by atoms with van der Waals surface area (Å²) in [5.74, 6) is -0.648. The van der Waals surface area contributed by atoms with Crippen molar-refractivity contribution in [3.8, 4) is 0 Å². The van der Waals surface area contributed by atoms with Crippen molar-refractivity contribution in [3.63, 3.8) is 0 Å². The molecule has 1 aromatic carbocycles. The zero-order valence-electron chi connectivity index (χ0n) is 7.00. The maximum atomic E-state index is 11.1. The Kier molecular flexibility index (Phi) is 2.83. The van der Waals surface area contributed by atoms with Crippen molar-refractivity contribution >= 4 is 27.6 Å². The maximum Gasteiger partial charge on any atom is 0.249 e. The van der Waals surface area contributed by atoms with Crippen molar-refractivity contribution in [2.45, 2.75) is 6.92 Å². The second kappa shape index (κ2) is 3.70. The Morgan fingerprint density at radius 1 is 1.31 bits per heavy atom. The monoisotopic (exact) mass is 241 g/mol. The van der Waals surface area contributed by atoms with E-state index in [1.807, 2.05) is 0 Å². The molecule has 0 saturated heterocycles. The summed E-state index contributed by atoms with van der Waals surface area (Å²) < 4.78 is 0.468. The molecule has 4 heteroatoms. The van der Waals surface area contributed by atoms with Crippen LogP contribution in [0.1, 0.15) is 27.6 Å². The topological polar surface area (TPSA) is 60.2 Å². The molecule has 0 heterocycles. The van der Waals surface area contributed by atoms with Crippen LogP contribution in [0.4, 0.5) is 0 Å². The second-order valence-electron chi connectivity index (χ2n) is 2.59. The first kappa shape index (κ1) is 9.92. The minimum Gasteiger partial charge on any atom is -0.366 e. The number of carbonyl (C=O) groups excluding carboxylic acids is 2. The van der Waals surface area contributed by atoms with E-state index in [0.717, 1.165) is 0 Å². The molecule has 0 aliphatic carbocycles. The van der Waals surface area contributed by atoms with E-state index in [0.29, 0.717) is 15.6 Å². The van der Waals surface area contributed by atoms with Crippen molar-refractivity contribution < 1.29 is 9.59 Å². The number of halogens is 1. The average molecular weight is 242 g/mol. The fourth-order valence-electron chi connectivity index (χ4n) is 0.994. The molecule has 1 aromatic rings. The average Bonchev–Trinajstić information content (AvgIpc) is 2.03. The SMILES string of the molecule is CC(=O)c1cccc(C(N)=O)c1Br. The third kappa shape index (κ3) is 1.95. The van der Waals surface area contributed by atoms with Gasteiger partial charge in [-0.3, -0.25) is 9.59 Å². The normalized spacial score (nSPS) is 9.69. The predicted octanol–water partition coefficient (Wildman–Crippen LogP) is 1.75. The highest BCUT2D eigenvalue weighted by Crippen LogP contribution is 2.21. The number of amides is 1. The van der Waals surface area contributed by atoms with E-state index in [1.54, 1.807) is 18.2 Å². The van der Waals surface area contributed by atoms with Crippen LogP contribution in [-0.2, 0) is 0 Å². The van der Waals surface area contributed by atoms with Crippen LogP contribution in [0, 0.1) is 0 Å². The van der Waals surface area contributed by atoms with Gasteiger partial charge in [0, 0.05) is 10.0 Å². The second-order valence-corrected chi connectivity index (χ2v) is 3.38. The predicted molar refractivity (Wildman–Crippen MR) is 52.7 cm³/mol. The van der Waals surface area contributed by atoms with E-state index < -0.39 is 5.91 Å². The quantitative estimate of drug-likeness (QED) is 0.803. The highest BCUT2D eigenvalue weighted by molar-refractivity contribution is 9.10. The van der Waals surface area contributed by atoms with Gasteiger partial charge in [0.2, 0.25) is 5.91 Å². The van der Waals surface area contributed by atoms with Crippen LogP contribution < -0.4 is 5.73 Å². The summed E-state index contributed by atoms with van der Waals surface area (Å²) >= 11 is 3.16. The molecule has 0 aromatic heterocycles. The number of nitrogens with two attached hydrogens (primary N) is 1. The fraction of sp³-hybridized carbons (Fsp3) is 0.111. The summed E-state index contributed by atoms with van der Waals surface area (Å²) in [5, 5.41) is 0. The van der Waals surface area contributed by atoms with Crippen molar-refractivity contribution in [1.82, 2.24) is 0 Å². The summed E-state index contributed by atoms with van der Waals surface area (Å²) in [6.07, 6.45) is 0. The van der Waals surface area contributed by atoms with E-state index >= 15 is 0 Å². The van der Waals surface area contributed by atoms with Gasteiger partial charge in [0.1, 0.15) is 0 Å². The van der Waals surface area contributed by atoms with Crippen molar-refractivity contribution in [2.24, 2.45) is 5.73 Å². The zero-order chi connectivity index (χ0) is 10.0. The Morgan fingerprint density at radius 2 is 1.85 bits per heavy atom. The lowest BCUT2D eigenvalue weighted by atomic mass is 10.1. The summed E-state index contributed by atoms with van der Waals surface area (Å²) in [7, 11) is 0. The van der Waals surface area contributed by atoms with Crippen molar-refractivity contribution in [1.29, 1.82) is 0 Å². The molecule has 2 N–H and O–H groups in total. The van der Waals surface area contributed by atoms with Gasteiger partial charge >= 0.3 is 0 Å². The molecule has 0 fully saturated rings. The Morgan fingerprint density at radius 3 is 2.31 bits per heavy atom. The molecule has 0 aliphatic rings. The van der Waals surface area contributed by atoms with Gasteiger partial charge in [-0.15, -0.1) is 0 Å². The van der Waals surface area contributed by atoms with Gasteiger partial charge in [0.25, 0.3) is 0 Å². The van der Waals surface area contributed by atoms with Gasteiger partial charge in [0.15, 0.2) is 5.78 Å². The first-order valence-corrected chi connectivity index (χ1v) is 4.42. The van der Waals surface area contributed by atoms with E-state index in [2.05, 4.69) is 15.9 Å². The van der Waals surface area contributed by atoms with E-state index in [4.69, 9.17) is 5.73 Å². The summed E-state index contributed by atoms with van der Waals surface area (Å²) in [6.45, 7) is 1.44. The summed E-state index contributed by atoms with van der Waals surface area (Å²) in [4.78, 5) is 21.9. The van der Waals surface area contributed by atoms with Gasteiger partial charge in [-0.1, -0.05) is 12.1 Å². The van der Waals surface area contributed by atoms with Crippen LogP contribution in [-0.4, -0.2) is 11.7 Å².